The van der Waals surface area contributed by atoms with E-state index in [1.54, 1.807) is 23.5 Å². The van der Waals surface area contributed by atoms with Crippen LogP contribution in [0, 0.1) is 0 Å². The number of nitrogens with one attached hydrogen (secondary N) is 2. The average molecular weight is 380 g/mol. The van der Waals surface area contributed by atoms with Gasteiger partial charge in [0.1, 0.15) is 0 Å². The SMILES string of the molecule is CCNC(=NCCc1cccs1)NCCc1ccc(S(C)(=O)=O)cc1. The van der Waals surface area contributed by atoms with Crippen LogP contribution in [0.25, 0.3) is 0 Å². The Morgan fingerprint density at radius 2 is 1.88 bits per heavy atom. The molecule has 1 aromatic carbocycles. The largest absolute Gasteiger partial charge is 0.357 e. The molecule has 0 aliphatic rings. The van der Waals surface area contributed by atoms with Gasteiger partial charge in [0.2, 0.25) is 0 Å². The van der Waals surface area contributed by atoms with Crippen molar-refractivity contribution in [3.05, 3.63) is 52.2 Å². The number of sulfone groups is 1. The van der Waals surface area contributed by atoms with Crippen LogP contribution < -0.4 is 10.6 Å². The molecule has 136 valence electrons. The van der Waals surface area contributed by atoms with Gasteiger partial charge in [0, 0.05) is 37.2 Å². The summed E-state index contributed by atoms with van der Waals surface area (Å²) in [5.74, 6) is 0.812. The van der Waals surface area contributed by atoms with E-state index in [0.29, 0.717) is 4.90 Å². The minimum absolute atomic E-state index is 0.354. The molecule has 25 heavy (non-hydrogen) atoms. The summed E-state index contributed by atoms with van der Waals surface area (Å²) < 4.78 is 22.9. The highest BCUT2D eigenvalue weighted by Crippen LogP contribution is 2.10. The van der Waals surface area contributed by atoms with Crippen molar-refractivity contribution in [3.63, 3.8) is 0 Å². The Kier molecular flexibility index (Phi) is 7.46. The van der Waals surface area contributed by atoms with Crippen LogP contribution in [-0.2, 0) is 22.7 Å². The molecule has 2 aromatic rings. The highest BCUT2D eigenvalue weighted by atomic mass is 32.2. The van der Waals surface area contributed by atoms with Crippen molar-refractivity contribution in [3.8, 4) is 0 Å². The zero-order valence-corrected chi connectivity index (χ0v) is 16.3. The molecule has 0 atom stereocenters. The average Bonchev–Trinajstić information content (AvgIpc) is 3.08. The number of benzene rings is 1. The quantitative estimate of drug-likeness (QED) is 0.546. The van der Waals surface area contributed by atoms with E-state index in [2.05, 4.69) is 33.1 Å². The van der Waals surface area contributed by atoms with Crippen LogP contribution >= 0.6 is 11.3 Å². The third-order valence-electron chi connectivity index (χ3n) is 3.61. The van der Waals surface area contributed by atoms with Gasteiger partial charge in [-0.15, -0.1) is 11.3 Å². The first-order chi connectivity index (χ1) is 12.0. The topological polar surface area (TPSA) is 70.6 Å². The number of hydrogen-bond acceptors (Lipinski definition) is 4. The summed E-state index contributed by atoms with van der Waals surface area (Å²) in [6.45, 7) is 4.34. The smallest absolute Gasteiger partial charge is 0.191 e. The molecule has 0 bridgehead atoms. The first kappa shape index (κ1) is 19.5. The second-order valence-electron chi connectivity index (χ2n) is 5.68. The van der Waals surface area contributed by atoms with Crippen molar-refractivity contribution >= 4 is 27.1 Å². The fourth-order valence-corrected chi connectivity index (χ4v) is 3.63. The van der Waals surface area contributed by atoms with Gasteiger partial charge in [0.25, 0.3) is 0 Å². The van der Waals surface area contributed by atoms with Crippen molar-refractivity contribution in [2.45, 2.75) is 24.7 Å². The fraction of sp³-hybridized carbons (Fsp3) is 0.389. The molecule has 0 aliphatic carbocycles. The molecule has 0 fully saturated rings. The van der Waals surface area contributed by atoms with Gasteiger partial charge in [-0.1, -0.05) is 18.2 Å². The monoisotopic (exact) mass is 379 g/mol. The predicted octanol–water partition coefficient (Wildman–Crippen LogP) is 2.49. The summed E-state index contributed by atoms with van der Waals surface area (Å²) in [5.41, 5.74) is 1.09. The molecule has 2 rings (SSSR count). The van der Waals surface area contributed by atoms with E-state index in [1.165, 1.54) is 11.1 Å². The van der Waals surface area contributed by atoms with E-state index < -0.39 is 9.84 Å². The molecule has 0 saturated heterocycles. The van der Waals surface area contributed by atoms with E-state index in [-0.39, 0.29) is 0 Å². The second kappa shape index (κ2) is 9.58. The van der Waals surface area contributed by atoms with Crippen molar-refractivity contribution < 1.29 is 8.42 Å². The van der Waals surface area contributed by atoms with Gasteiger partial charge >= 0.3 is 0 Å². The number of thiophene rings is 1. The van der Waals surface area contributed by atoms with E-state index >= 15 is 0 Å². The highest BCUT2D eigenvalue weighted by Gasteiger charge is 2.06. The van der Waals surface area contributed by atoms with Crippen LogP contribution in [0.2, 0.25) is 0 Å². The van der Waals surface area contributed by atoms with Gasteiger partial charge < -0.3 is 10.6 Å². The summed E-state index contributed by atoms with van der Waals surface area (Å²) in [6.07, 6.45) is 2.97. The number of guanidine groups is 1. The Balaban J connectivity index is 1.82. The number of rotatable bonds is 8. The molecule has 0 aliphatic heterocycles. The molecule has 0 amide bonds. The molecule has 0 saturated carbocycles. The molecule has 0 unspecified atom stereocenters. The van der Waals surface area contributed by atoms with Crippen LogP contribution in [0.5, 0.6) is 0 Å². The van der Waals surface area contributed by atoms with Crippen molar-refractivity contribution in [1.29, 1.82) is 0 Å². The van der Waals surface area contributed by atoms with Gasteiger partial charge in [-0.05, 0) is 42.5 Å². The lowest BCUT2D eigenvalue weighted by molar-refractivity contribution is 0.602. The minimum atomic E-state index is -3.13. The van der Waals surface area contributed by atoms with Crippen LogP contribution in [0.3, 0.4) is 0 Å². The maximum absolute atomic E-state index is 11.5. The van der Waals surface area contributed by atoms with Gasteiger partial charge in [-0.3, -0.25) is 4.99 Å². The zero-order chi connectivity index (χ0) is 18.1. The maximum Gasteiger partial charge on any atom is 0.191 e. The van der Waals surface area contributed by atoms with Crippen molar-refractivity contribution in [1.82, 2.24) is 10.6 Å². The van der Waals surface area contributed by atoms with Crippen LogP contribution in [-0.4, -0.2) is 40.3 Å². The van der Waals surface area contributed by atoms with Crippen molar-refractivity contribution in [2.24, 2.45) is 4.99 Å². The summed E-state index contributed by atoms with van der Waals surface area (Å²) >= 11 is 1.75. The number of nitrogens with zero attached hydrogens (tertiary/aromatic N) is 1. The third-order valence-corrected chi connectivity index (χ3v) is 5.67. The normalized spacial score (nSPS) is 12.2. The molecular weight excluding hydrogens is 354 g/mol. The van der Waals surface area contributed by atoms with Gasteiger partial charge in [0.05, 0.1) is 4.90 Å². The lowest BCUT2D eigenvalue weighted by Gasteiger charge is -2.11. The van der Waals surface area contributed by atoms with Crippen molar-refractivity contribution in [2.75, 3.05) is 25.9 Å². The molecule has 5 nitrogen and oxygen atoms in total. The summed E-state index contributed by atoms with van der Waals surface area (Å²) in [4.78, 5) is 6.28. The standard InChI is InChI=1S/C18H25N3O2S2/c1-3-19-18(21-13-11-16-5-4-14-24-16)20-12-10-15-6-8-17(9-7-15)25(2,22)23/h4-9,14H,3,10-13H2,1-2H3,(H2,19,20,21). The summed E-state index contributed by atoms with van der Waals surface area (Å²) in [6, 6.07) is 11.2. The van der Waals surface area contributed by atoms with E-state index in [0.717, 1.165) is 44.0 Å². The third kappa shape index (κ3) is 6.88. The molecule has 2 N–H and O–H groups in total. The van der Waals surface area contributed by atoms with E-state index in [9.17, 15) is 8.42 Å². The molecule has 0 spiro atoms. The van der Waals surface area contributed by atoms with Crippen LogP contribution in [0.1, 0.15) is 17.4 Å². The Hall–Kier alpha value is -1.86. The highest BCUT2D eigenvalue weighted by molar-refractivity contribution is 7.90. The van der Waals surface area contributed by atoms with Gasteiger partial charge in [-0.2, -0.15) is 0 Å². The molecule has 0 radical (unpaired) electrons. The number of aliphatic imine (C=N–C) groups is 1. The lowest BCUT2D eigenvalue weighted by Crippen LogP contribution is -2.38. The van der Waals surface area contributed by atoms with E-state index in [1.807, 2.05) is 19.1 Å². The molecule has 7 heteroatoms. The second-order valence-corrected chi connectivity index (χ2v) is 8.73. The Labute approximate surface area is 154 Å². The first-order valence-electron chi connectivity index (χ1n) is 8.32. The van der Waals surface area contributed by atoms with Gasteiger partial charge in [-0.25, -0.2) is 8.42 Å². The van der Waals surface area contributed by atoms with E-state index in [4.69, 9.17) is 0 Å². The van der Waals surface area contributed by atoms with Crippen LogP contribution in [0.15, 0.2) is 51.7 Å². The van der Waals surface area contributed by atoms with Crippen LogP contribution in [0.4, 0.5) is 0 Å². The Bertz CT molecular complexity index is 767. The fourth-order valence-electron chi connectivity index (χ4n) is 2.30. The lowest BCUT2D eigenvalue weighted by atomic mass is 10.1. The maximum atomic E-state index is 11.5. The Morgan fingerprint density at radius 1 is 1.12 bits per heavy atom. The molecular formula is C18H25N3O2S2. The summed E-state index contributed by atoms with van der Waals surface area (Å²) in [7, 11) is -3.13. The predicted molar refractivity (Wildman–Crippen MR) is 105 cm³/mol. The Morgan fingerprint density at radius 3 is 2.48 bits per heavy atom. The summed E-state index contributed by atoms with van der Waals surface area (Å²) in [5, 5.41) is 8.64. The zero-order valence-electron chi connectivity index (χ0n) is 14.7. The number of hydrogen-bond donors (Lipinski definition) is 2. The molecule has 1 aromatic heterocycles. The minimum Gasteiger partial charge on any atom is -0.357 e. The molecule has 1 heterocycles. The van der Waals surface area contributed by atoms with Gasteiger partial charge in [0.15, 0.2) is 15.8 Å². The first-order valence-corrected chi connectivity index (χ1v) is 11.1.